The van der Waals surface area contributed by atoms with Gasteiger partial charge in [0.05, 0.1) is 5.57 Å². The minimum Gasteiger partial charge on any atom is -0.481 e. The molecule has 3 aliphatic rings. The largest absolute Gasteiger partial charge is 0.481 e. The van der Waals surface area contributed by atoms with E-state index in [0.717, 1.165) is 0 Å². The Balaban J connectivity index is 0.000000244. The van der Waals surface area contributed by atoms with Gasteiger partial charge in [0.15, 0.2) is 5.78 Å². The number of amides is 1. The number of aliphatic carboxylic acids is 2. The molecule has 0 aromatic heterocycles. The Morgan fingerprint density at radius 3 is 2.11 bits per heavy atom. The number of carbonyl (C=O) groups excluding carboxylic acids is 2. The Morgan fingerprint density at radius 2 is 1.78 bits per heavy atom. The highest BCUT2D eigenvalue weighted by Gasteiger charge is 2.62. The number of carboxylic acid groups (broad SMARTS) is 2. The molecule has 10 heteroatoms. The standard InChI is InChI=1S/C12H15NO4S.C5H8O4/c1-6(14)5-7-9(15)13-8(11(16)17)12(2,3)18(4)10(7)13;1-5(2,3(6)7)4-8-9-4/h5,8,10H,4H2,1-3H3,(H,16,17);4H,1-2H3,(H,6,7)/t8-,10+,18?;/m0./s1. The van der Waals surface area contributed by atoms with Crippen molar-refractivity contribution in [2.75, 3.05) is 0 Å². The lowest BCUT2D eigenvalue weighted by Gasteiger charge is -2.39. The SMILES string of the molecule is C=S1[C@@H]2C(=CC(C)=O)C(=O)N2[C@@H](C(=O)O)C1(C)C.CC(C)(C(=O)O)C1OO1. The van der Waals surface area contributed by atoms with Crippen LogP contribution in [0.1, 0.15) is 34.6 Å². The van der Waals surface area contributed by atoms with Gasteiger partial charge in [0.25, 0.3) is 5.91 Å². The number of β-lactam (4-membered cyclic amide) rings is 1. The quantitative estimate of drug-likeness (QED) is 0.234. The van der Waals surface area contributed by atoms with Gasteiger partial charge in [-0.15, -0.1) is 0 Å². The fraction of sp³-hybridized carbons (Fsp3) is 0.588. The Morgan fingerprint density at radius 1 is 1.26 bits per heavy atom. The van der Waals surface area contributed by atoms with Crippen LogP contribution >= 0.6 is 10.5 Å². The highest BCUT2D eigenvalue weighted by Crippen LogP contribution is 2.56. The Hall–Kier alpha value is -2.04. The first kappa shape index (κ1) is 21.3. The molecule has 3 saturated heterocycles. The summed E-state index contributed by atoms with van der Waals surface area (Å²) in [6.07, 6.45) is 0.740. The van der Waals surface area contributed by atoms with E-state index in [9.17, 15) is 24.3 Å². The Labute approximate surface area is 158 Å². The Bertz CT molecular complexity index is 765. The fourth-order valence-electron chi connectivity index (χ4n) is 2.89. The molecule has 3 heterocycles. The molecule has 0 saturated carbocycles. The van der Waals surface area contributed by atoms with E-state index in [1.165, 1.54) is 17.9 Å². The molecule has 9 nitrogen and oxygen atoms in total. The van der Waals surface area contributed by atoms with E-state index in [0.29, 0.717) is 5.57 Å². The summed E-state index contributed by atoms with van der Waals surface area (Å²) < 4.78 is -0.585. The normalized spacial score (nSPS) is 30.1. The summed E-state index contributed by atoms with van der Waals surface area (Å²) in [7, 11) is -0.535. The highest BCUT2D eigenvalue weighted by molar-refractivity contribution is 8.16. The third-order valence-electron chi connectivity index (χ3n) is 4.81. The number of hydrogen-bond donors (Lipinski definition) is 2. The van der Waals surface area contributed by atoms with Crippen molar-refractivity contribution in [3.63, 3.8) is 0 Å². The number of carboxylic acids is 2. The number of hydrogen-bond acceptors (Lipinski definition) is 6. The van der Waals surface area contributed by atoms with Gasteiger partial charge in [-0.05, 0) is 40.7 Å². The second kappa shape index (κ2) is 6.84. The summed E-state index contributed by atoms with van der Waals surface area (Å²) in [4.78, 5) is 54.8. The van der Waals surface area contributed by atoms with Crippen molar-refractivity contribution in [1.82, 2.24) is 4.90 Å². The van der Waals surface area contributed by atoms with Crippen molar-refractivity contribution in [2.24, 2.45) is 5.41 Å². The second-order valence-electron chi connectivity index (χ2n) is 7.60. The van der Waals surface area contributed by atoms with Crippen molar-refractivity contribution >= 4 is 40.0 Å². The summed E-state index contributed by atoms with van der Waals surface area (Å²) in [5.41, 5.74) is -0.516. The van der Waals surface area contributed by atoms with Gasteiger partial charge in [0.2, 0.25) is 6.29 Å². The van der Waals surface area contributed by atoms with Crippen LogP contribution in [0.15, 0.2) is 11.6 Å². The lowest BCUT2D eigenvalue weighted by molar-refractivity contribution is -0.152. The number of carbonyl (C=O) groups is 4. The number of fused-ring (bicyclic) bond motifs is 1. The molecule has 1 amide bonds. The monoisotopic (exact) mass is 401 g/mol. The van der Waals surface area contributed by atoms with Crippen molar-refractivity contribution in [3.8, 4) is 0 Å². The molecular weight excluding hydrogens is 378 g/mol. The van der Waals surface area contributed by atoms with Gasteiger partial charge in [0, 0.05) is 4.75 Å². The molecule has 0 bridgehead atoms. The number of ketones is 1. The molecule has 150 valence electrons. The molecule has 0 aromatic rings. The van der Waals surface area contributed by atoms with E-state index in [2.05, 4.69) is 15.6 Å². The second-order valence-corrected chi connectivity index (χ2v) is 9.96. The van der Waals surface area contributed by atoms with Crippen LogP contribution in [0.3, 0.4) is 0 Å². The smallest absolute Gasteiger partial charge is 0.327 e. The van der Waals surface area contributed by atoms with Gasteiger partial charge < -0.3 is 15.1 Å². The van der Waals surface area contributed by atoms with Crippen LogP contribution in [-0.2, 0) is 29.0 Å². The van der Waals surface area contributed by atoms with Crippen molar-refractivity contribution < 1.29 is 39.2 Å². The molecule has 2 N–H and O–H groups in total. The third-order valence-corrected chi connectivity index (χ3v) is 7.40. The molecule has 3 fully saturated rings. The molecule has 3 aliphatic heterocycles. The molecule has 27 heavy (non-hydrogen) atoms. The highest BCUT2D eigenvalue weighted by atomic mass is 32.2. The zero-order valence-corrected chi connectivity index (χ0v) is 16.5. The topological polar surface area (TPSA) is 137 Å². The minimum atomic E-state index is -1.01. The van der Waals surface area contributed by atoms with Gasteiger partial charge in [-0.2, -0.15) is 20.3 Å². The first-order valence-corrected chi connectivity index (χ1v) is 9.56. The Kier molecular flexibility index (Phi) is 5.39. The van der Waals surface area contributed by atoms with Crippen LogP contribution in [-0.4, -0.2) is 67.1 Å². The summed E-state index contributed by atoms with van der Waals surface area (Å²) >= 11 is 0. The van der Waals surface area contributed by atoms with Crippen molar-refractivity contribution in [2.45, 2.75) is 57.1 Å². The van der Waals surface area contributed by atoms with Gasteiger partial charge >= 0.3 is 11.9 Å². The summed E-state index contributed by atoms with van der Waals surface area (Å²) in [5, 5.41) is 17.4. The van der Waals surface area contributed by atoms with E-state index in [-0.39, 0.29) is 17.1 Å². The average Bonchev–Trinajstić information content (AvgIpc) is 3.35. The fourth-order valence-corrected chi connectivity index (χ4v) is 4.94. The maximum Gasteiger partial charge on any atom is 0.327 e. The summed E-state index contributed by atoms with van der Waals surface area (Å²) in [6, 6.07) is -0.861. The molecule has 0 aliphatic carbocycles. The first-order chi connectivity index (χ1) is 12.2. The minimum absolute atomic E-state index is 0.202. The van der Waals surface area contributed by atoms with Crippen LogP contribution in [0.25, 0.3) is 0 Å². The van der Waals surface area contributed by atoms with Crippen LogP contribution in [0.5, 0.6) is 0 Å². The predicted octanol–water partition coefficient (Wildman–Crippen LogP) is 1.00. The molecular formula is C17H23NO8S. The van der Waals surface area contributed by atoms with Gasteiger partial charge in [-0.3, -0.25) is 14.4 Å². The van der Waals surface area contributed by atoms with E-state index in [4.69, 9.17) is 5.11 Å². The predicted molar refractivity (Wildman–Crippen MR) is 97.0 cm³/mol. The van der Waals surface area contributed by atoms with E-state index in [1.807, 2.05) is 0 Å². The molecule has 0 radical (unpaired) electrons. The first-order valence-electron chi connectivity index (χ1n) is 8.10. The maximum atomic E-state index is 11.9. The maximum absolute atomic E-state index is 11.9. The number of rotatable bonds is 4. The third kappa shape index (κ3) is 3.56. The van der Waals surface area contributed by atoms with Crippen LogP contribution in [0.2, 0.25) is 0 Å². The van der Waals surface area contributed by atoms with Crippen LogP contribution in [0, 0.1) is 5.41 Å². The molecule has 0 aromatic carbocycles. The average molecular weight is 401 g/mol. The van der Waals surface area contributed by atoms with Crippen molar-refractivity contribution in [3.05, 3.63) is 11.6 Å². The van der Waals surface area contributed by atoms with Gasteiger partial charge in [-0.25, -0.2) is 4.79 Å². The van der Waals surface area contributed by atoms with E-state index >= 15 is 0 Å². The number of nitrogens with zero attached hydrogens (tertiary/aromatic N) is 1. The molecule has 3 rings (SSSR count). The summed E-state index contributed by atoms with van der Waals surface area (Å²) in [5.74, 6) is 1.53. The van der Waals surface area contributed by atoms with Gasteiger partial charge in [0.1, 0.15) is 16.8 Å². The zero-order chi connectivity index (χ0) is 20.9. The van der Waals surface area contributed by atoms with Gasteiger partial charge in [-0.1, -0.05) is 5.87 Å². The number of allylic oxidation sites excluding steroid dienone is 1. The molecule has 0 spiro atoms. The van der Waals surface area contributed by atoms with E-state index < -0.39 is 44.9 Å². The lowest BCUT2D eigenvalue weighted by atomic mass is 9.94. The van der Waals surface area contributed by atoms with Crippen LogP contribution < -0.4 is 0 Å². The van der Waals surface area contributed by atoms with E-state index in [1.54, 1.807) is 27.7 Å². The zero-order valence-electron chi connectivity index (χ0n) is 15.7. The molecule has 1 unspecified atom stereocenters. The van der Waals surface area contributed by atoms with Crippen molar-refractivity contribution in [1.29, 1.82) is 0 Å². The van der Waals surface area contributed by atoms with Crippen LogP contribution in [0.4, 0.5) is 0 Å². The summed E-state index contributed by atoms with van der Waals surface area (Å²) in [6.45, 7) is 8.08. The lowest BCUT2D eigenvalue weighted by Crippen LogP contribution is -2.58. The molecule has 3 atom stereocenters.